The minimum Gasteiger partial charge on any atom is -0.346 e. The van der Waals surface area contributed by atoms with E-state index in [0.717, 1.165) is 9.13 Å². The molecule has 2 heterocycles. The van der Waals surface area contributed by atoms with E-state index in [-0.39, 0.29) is 6.29 Å². The summed E-state index contributed by atoms with van der Waals surface area (Å²) in [6, 6.07) is 1.88. The predicted molar refractivity (Wildman–Crippen MR) is 56.6 cm³/mol. The Balaban J connectivity index is 2.37. The molecule has 1 saturated heterocycles. The van der Waals surface area contributed by atoms with E-state index in [2.05, 4.69) is 27.6 Å². The molecule has 1 aromatic heterocycles. The maximum atomic E-state index is 5.93. The molecule has 0 aromatic carbocycles. The van der Waals surface area contributed by atoms with Crippen LogP contribution in [0.15, 0.2) is 12.3 Å². The number of nitrogens with zero attached hydrogens (tertiary/aromatic N) is 1. The van der Waals surface area contributed by atoms with Crippen LogP contribution in [0.4, 0.5) is 0 Å². The molecule has 0 N–H and O–H groups in total. The number of halogens is 2. The number of hydrogen-bond acceptors (Lipinski definition) is 3. The second kappa shape index (κ2) is 4.08. The lowest BCUT2D eigenvalue weighted by molar-refractivity contribution is -0.0448. The van der Waals surface area contributed by atoms with Crippen molar-refractivity contribution in [2.75, 3.05) is 13.2 Å². The molecular formula is C8H7ClINO2. The van der Waals surface area contributed by atoms with Gasteiger partial charge in [-0.1, -0.05) is 11.6 Å². The van der Waals surface area contributed by atoms with Gasteiger partial charge in [-0.15, -0.1) is 0 Å². The standard InChI is InChI=1S/C8H7ClINO2/c9-7-6(5(10)1-2-11-7)8-12-3-4-13-8/h1-2,8H,3-4H2. The topological polar surface area (TPSA) is 31.4 Å². The number of hydrogen-bond donors (Lipinski definition) is 0. The van der Waals surface area contributed by atoms with Crippen LogP contribution in [0.1, 0.15) is 11.9 Å². The third-order valence-electron chi connectivity index (χ3n) is 1.75. The lowest BCUT2D eigenvalue weighted by Gasteiger charge is -2.11. The minimum atomic E-state index is -0.340. The largest absolute Gasteiger partial charge is 0.346 e. The van der Waals surface area contributed by atoms with Gasteiger partial charge in [-0.05, 0) is 28.7 Å². The van der Waals surface area contributed by atoms with Crippen LogP contribution in [0.2, 0.25) is 5.15 Å². The zero-order valence-electron chi connectivity index (χ0n) is 6.67. The van der Waals surface area contributed by atoms with Crippen LogP contribution in [0.5, 0.6) is 0 Å². The Kier molecular flexibility index (Phi) is 3.02. The van der Waals surface area contributed by atoms with Crippen LogP contribution in [0, 0.1) is 3.57 Å². The Morgan fingerprint density at radius 1 is 1.46 bits per heavy atom. The predicted octanol–water partition coefficient (Wildman–Crippen LogP) is 2.39. The molecular weight excluding hydrogens is 304 g/mol. The third kappa shape index (κ3) is 1.96. The van der Waals surface area contributed by atoms with Crippen LogP contribution < -0.4 is 0 Å². The van der Waals surface area contributed by atoms with Crippen LogP contribution in [-0.4, -0.2) is 18.2 Å². The van der Waals surface area contributed by atoms with Crippen molar-refractivity contribution >= 4 is 34.2 Å². The molecule has 0 bridgehead atoms. The summed E-state index contributed by atoms with van der Waals surface area (Å²) in [5.41, 5.74) is 0.835. The highest BCUT2D eigenvalue weighted by atomic mass is 127. The normalized spacial score (nSPS) is 18.0. The van der Waals surface area contributed by atoms with E-state index in [4.69, 9.17) is 21.1 Å². The average molecular weight is 312 g/mol. The highest BCUT2D eigenvalue weighted by Gasteiger charge is 2.23. The van der Waals surface area contributed by atoms with Gasteiger partial charge in [0.1, 0.15) is 5.15 Å². The fourth-order valence-electron chi connectivity index (χ4n) is 1.16. The maximum absolute atomic E-state index is 5.93. The lowest BCUT2D eigenvalue weighted by Crippen LogP contribution is -2.02. The molecule has 0 radical (unpaired) electrons. The summed E-state index contributed by atoms with van der Waals surface area (Å²) in [5, 5.41) is 0.457. The SMILES string of the molecule is Clc1nccc(I)c1C1OCCO1. The lowest BCUT2D eigenvalue weighted by atomic mass is 10.3. The Hall–Kier alpha value is 0.0900. The molecule has 0 aliphatic carbocycles. The number of rotatable bonds is 1. The smallest absolute Gasteiger partial charge is 0.188 e. The first kappa shape index (κ1) is 9.64. The number of ether oxygens (including phenoxy) is 2. The zero-order chi connectivity index (χ0) is 9.26. The summed E-state index contributed by atoms with van der Waals surface area (Å²) in [6.07, 6.45) is 1.33. The molecule has 0 unspecified atom stereocenters. The van der Waals surface area contributed by atoms with Gasteiger partial charge in [0.25, 0.3) is 0 Å². The van der Waals surface area contributed by atoms with Crippen molar-refractivity contribution in [3.8, 4) is 0 Å². The van der Waals surface area contributed by atoms with Crippen molar-refractivity contribution in [2.24, 2.45) is 0 Å². The second-order valence-corrected chi connectivity index (χ2v) is 4.09. The van der Waals surface area contributed by atoms with Crippen LogP contribution in [0.25, 0.3) is 0 Å². The van der Waals surface area contributed by atoms with E-state index in [1.165, 1.54) is 0 Å². The summed E-state index contributed by atoms with van der Waals surface area (Å²) in [4.78, 5) is 3.99. The molecule has 70 valence electrons. The van der Waals surface area contributed by atoms with Crippen LogP contribution >= 0.6 is 34.2 Å². The van der Waals surface area contributed by atoms with Crippen LogP contribution in [-0.2, 0) is 9.47 Å². The Morgan fingerprint density at radius 2 is 2.15 bits per heavy atom. The van der Waals surface area contributed by atoms with Gasteiger partial charge in [0.2, 0.25) is 0 Å². The van der Waals surface area contributed by atoms with Gasteiger partial charge in [0, 0.05) is 9.77 Å². The number of pyridine rings is 1. The van der Waals surface area contributed by atoms with Crippen molar-refractivity contribution < 1.29 is 9.47 Å². The van der Waals surface area contributed by atoms with Gasteiger partial charge >= 0.3 is 0 Å². The Morgan fingerprint density at radius 3 is 2.77 bits per heavy atom. The summed E-state index contributed by atoms with van der Waals surface area (Å²) in [6.45, 7) is 1.23. The molecule has 13 heavy (non-hydrogen) atoms. The quantitative estimate of drug-likeness (QED) is 0.589. The fourth-order valence-corrected chi connectivity index (χ4v) is 2.24. The first-order valence-corrected chi connectivity index (χ1v) is 5.28. The molecule has 0 atom stereocenters. The molecule has 1 fully saturated rings. The summed E-state index contributed by atoms with van der Waals surface area (Å²) >= 11 is 8.12. The van der Waals surface area contributed by atoms with Gasteiger partial charge in [-0.25, -0.2) is 4.98 Å². The van der Waals surface area contributed by atoms with Gasteiger partial charge in [0.05, 0.1) is 18.8 Å². The molecule has 3 nitrogen and oxygen atoms in total. The van der Waals surface area contributed by atoms with Crippen molar-refractivity contribution in [1.29, 1.82) is 0 Å². The van der Waals surface area contributed by atoms with E-state index in [1.807, 2.05) is 6.07 Å². The summed E-state index contributed by atoms with van der Waals surface area (Å²) < 4.78 is 11.7. The molecule has 1 aliphatic rings. The van der Waals surface area contributed by atoms with E-state index in [1.54, 1.807) is 6.20 Å². The van der Waals surface area contributed by atoms with E-state index in [0.29, 0.717) is 18.4 Å². The number of aromatic nitrogens is 1. The molecule has 1 aliphatic heterocycles. The molecule has 0 spiro atoms. The van der Waals surface area contributed by atoms with Gasteiger partial charge < -0.3 is 9.47 Å². The van der Waals surface area contributed by atoms with Gasteiger partial charge in [-0.2, -0.15) is 0 Å². The molecule has 0 saturated carbocycles. The Bertz CT molecular complexity index is 295. The highest BCUT2D eigenvalue weighted by Crippen LogP contribution is 2.31. The Labute approximate surface area is 94.5 Å². The fraction of sp³-hybridized carbons (Fsp3) is 0.375. The van der Waals surface area contributed by atoms with E-state index in [9.17, 15) is 0 Å². The van der Waals surface area contributed by atoms with E-state index < -0.39 is 0 Å². The molecule has 2 rings (SSSR count). The molecule has 0 amide bonds. The highest BCUT2D eigenvalue weighted by molar-refractivity contribution is 14.1. The molecule has 5 heteroatoms. The second-order valence-electron chi connectivity index (χ2n) is 2.57. The van der Waals surface area contributed by atoms with E-state index >= 15 is 0 Å². The van der Waals surface area contributed by atoms with Gasteiger partial charge in [-0.3, -0.25) is 0 Å². The zero-order valence-corrected chi connectivity index (χ0v) is 9.58. The van der Waals surface area contributed by atoms with Crippen LogP contribution in [0.3, 0.4) is 0 Å². The van der Waals surface area contributed by atoms with Crippen molar-refractivity contribution in [2.45, 2.75) is 6.29 Å². The maximum Gasteiger partial charge on any atom is 0.188 e. The first-order chi connectivity index (χ1) is 6.29. The molecule has 1 aromatic rings. The van der Waals surface area contributed by atoms with Gasteiger partial charge in [0.15, 0.2) is 6.29 Å². The summed E-state index contributed by atoms with van der Waals surface area (Å²) in [7, 11) is 0. The first-order valence-electron chi connectivity index (χ1n) is 3.82. The average Bonchev–Trinajstić information content (AvgIpc) is 2.57. The minimum absolute atomic E-state index is 0.340. The van der Waals surface area contributed by atoms with Crippen molar-refractivity contribution in [3.05, 3.63) is 26.5 Å². The monoisotopic (exact) mass is 311 g/mol. The summed E-state index contributed by atoms with van der Waals surface area (Å²) in [5.74, 6) is 0. The third-order valence-corrected chi connectivity index (χ3v) is 2.99. The van der Waals surface area contributed by atoms with Crippen molar-refractivity contribution in [1.82, 2.24) is 4.98 Å². The van der Waals surface area contributed by atoms with Crippen molar-refractivity contribution in [3.63, 3.8) is 0 Å².